The minimum atomic E-state index is 0.169. The Morgan fingerprint density at radius 3 is 1.96 bits per heavy atom. The highest BCUT2D eigenvalue weighted by Crippen LogP contribution is 2.53. The fourth-order valence-electron chi connectivity index (χ4n) is 4.59. The number of aromatic hydroxyl groups is 2. The van der Waals surface area contributed by atoms with Crippen LogP contribution in [-0.2, 0) is 4.79 Å². The molecule has 1 heterocycles. The minimum absolute atomic E-state index is 0.169. The van der Waals surface area contributed by atoms with Crippen LogP contribution in [0.4, 0.5) is 0 Å². The quantitative estimate of drug-likeness (QED) is 0.535. The normalized spacial score (nSPS) is 34.0. The zero-order chi connectivity index (χ0) is 16.2. The lowest BCUT2D eigenvalue weighted by Crippen LogP contribution is -2.42. The van der Waals surface area contributed by atoms with Crippen LogP contribution in [0.2, 0.25) is 0 Å². The molecule has 1 saturated heterocycles. The van der Waals surface area contributed by atoms with E-state index in [2.05, 4.69) is 0 Å². The molecule has 0 radical (unpaired) electrons. The van der Waals surface area contributed by atoms with Crippen LogP contribution in [0, 0.1) is 17.8 Å². The van der Waals surface area contributed by atoms with Gasteiger partial charge in [0.05, 0.1) is 0 Å². The first kappa shape index (κ1) is 16.8. The molecule has 3 fully saturated rings. The molecule has 4 rings (SSSR count). The summed E-state index contributed by atoms with van der Waals surface area (Å²) < 4.78 is 0. The van der Waals surface area contributed by atoms with Gasteiger partial charge in [0.1, 0.15) is 11.5 Å². The Morgan fingerprint density at radius 2 is 1.30 bits per heavy atom. The monoisotopic (exact) mass is 334 g/mol. The number of fused-ring (bicyclic) bond motifs is 3. The van der Waals surface area contributed by atoms with Crippen molar-refractivity contribution in [1.82, 2.24) is 0 Å². The van der Waals surface area contributed by atoms with Gasteiger partial charge in [0, 0.05) is 5.92 Å². The molecule has 2 aliphatic carbocycles. The van der Waals surface area contributed by atoms with Crippen LogP contribution < -0.4 is 0 Å². The van der Waals surface area contributed by atoms with E-state index in [-0.39, 0.29) is 11.5 Å². The van der Waals surface area contributed by atoms with E-state index in [0.717, 1.165) is 17.5 Å². The number of hydrogen-bond donors (Lipinski definition) is 2. The second kappa shape index (κ2) is 7.66. The highest BCUT2D eigenvalue weighted by Gasteiger charge is 2.45. The summed E-state index contributed by atoms with van der Waals surface area (Å²) in [5.74, 6) is 2.58. The maximum atomic E-state index is 12.1. The van der Waals surface area contributed by atoms with E-state index in [1.165, 1.54) is 75.6 Å². The molecular formula is C19H27O3P. The van der Waals surface area contributed by atoms with Crippen LogP contribution in [0.25, 0.3) is 0 Å². The van der Waals surface area contributed by atoms with Crippen LogP contribution >= 0.6 is 8.58 Å². The molecule has 0 spiro atoms. The van der Waals surface area contributed by atoms with Gasteiger partial charge in [-0.25, -0.2) is 0 Å². The van der Waals surface area contributed by atoms with E-state index >= 15 is 0 Å². The lowest BCUT2D eigenvalue weighted by atomic mass is 9.67. The Hall–Kier alpha value is -1.08. The Morgan fingerprint density at radius 1 is 0.783 bits per heavy atom. The molecule has 1 aromatic rings. The van der Waals surface area contributed by atoms with Gasteiger partial charge in [-0.15, -0.1) is 0 Å². The second-order valence-corrected chi connectivity index (χ2v) is 8.66. The Bertz CT molecular complexity index is 507. The third-order valence-corrected chi connectivity index (χ3v) is 7.45. The molecule has 2 saturated carbocycles. The van der Waals surface area contributed by atoms with Crippen LogP contribution in [0.15, 0.2) is 24.3 Å². The van der Waals surface area contributed by atoms with Gasteiger partial charge in [0.15, 0.2) is 5.52 Å². The zero-order valence-electron chi connectivity index (χ0n) is 13.6. The first-order valence-electron chi connectivity index (χ1n) is 8.93. The largest absolute Gasteiger partial charge is 0.508 e. The topological polar surface area (TPSA) is 57.5 Å². The van der Waals surface area contributed by atoms with E-state index in [1.807, 2.05) is 0 Å². The standard InChI is InChI=1S/C13H21OP.C6H6O2/c14-13-11-7-2-1-5-9(11)10-6-3-4-8-12(10)15-13;7-5-1-2-6(8)4-3-5/h9-12,15H,1-8H2;1-4,7-8H. The van der Waals surface area contributed by atoms with Gasteiger partial charge >= 0.3 is 0 Å². The lowest BCUT2D eigenvalue weighted by molar-refractivity contribution is -0.119. The van der Waals surface area contributed by atoms with Crippen LogP contribution in [0.5, 0.6) is 11.5 Å². The molecule has 1 aromatic carbocycles. The summed E-state index contributed by atoms with van der Waals surface area (Å²) in [6, 6.07) is 5.70. The van der Waals surface area contributed by atoms with Gasteiger partial charge in [-0.3, -0.25) is 4.79 Å². The molecule has 5 atom stereocenters. The van der Waals surface area contributed by atoms with Crippen molar-refractivity contribution in [2.24, 2.45) is 17.8 Å². The number of phenols is 2. The molecule has 0 aromatic heterocycles. The lowest BCUT2D eigenvalue weighted by Gasteiger charge is -2.46. The van der Waals surface area contributed by atoms with Gasteiger partial charge in [-0.1, -0.05) is 25.7 Å². The average Bonchev–Trinajstić information content (AvgIpc) is 2.59. The van der Waals surface area contributed by atoms with Crippen molar-refractivity contribution in [2.75, 3.05) is 0 Å². The molecule has 0 bridgehead atoms. The summed E-state index contributed by atoms with van der Waals surface area (Å²) in [4.78, 5) is 12.1. The molecule has 2 N–H and O–H groups in total. The molecular weight excluding hydrogens is 307 g/mol. The molecule has 0 amide bonds. The fourth-order valence-corrected chi connectivity index (χ4v) is 6.51. The van der Waals surface area contributed by atoms with Crippen molar-refractivity contribution in [1.29, 1.82) is 0 Å². The highest BCUT2D eigenvalue weighted by molar-refractivity contribution is 7.58. The van der Waals surface area contributed by atoms with E-state index in [9.17, 15) is 4.79 Å². The third-order valence-electron chi connectivity index (χ3n) is 5.70. The molecule has 1 aliphatic heterocycles. The van der Waals surface area contributed by atoms with Gasteiger partial charge in [0.2, 0.25) is 0 Å². The number of carbonyl (C=O) groups excluding carboxylic acids is 1. The van der Waals surface area contributed by atoms with Crippen molar-refractivity contribution < 1.29 is 15.0 Å². The number of hydrogen-bond acceptors (Lipinski definition) is 3. The van der Waals surface area contributed by atoms with Crippen LogP contribution in [0.3, 0.4) is 0 Å². The molecule has 126 valence electrons. The minimum Gasteiger partial charge on any atom is -0.508 e. The molecule has 23 heavy (non-hydrogen) atoms. The Labute approximate surface area is 140 Å². The van der Waals surface area contributed by atoms with E-state index in [1.54, 1.807) is 0 Å². The molecule has 5 unspecified atom stereocenters. The van der Waals surface area contributed by atoms with E-state index in [4.69, 9.17) is 10.2 Å². The Kier molecular flexibility index (Phi) is 5.58. The van der Waals surface area contributed by atoms with Crippen molar-refractivity contribution in [3.63, 3.8) is 0 Å². The van der Waals surface area contributed by atoms with Crippen molar-refractivity contribution >= 4 is 14.1 Å². The van der Waals surface area contributed by atoms with Crippen LogP contribution in [0.1, 0.15) is 51.4 Å². The number of phenolic OH excluding ortho intramolecular Hbond substituents is 2. The first-order chi connectivity index (χ1) is 11.1. The summed E-state index contributed by atoms with van der Waals surface area (Å²) in [6.07, 6.45) is 10.9. The number of benzene rings is 1. The molecule has 3 aliphatic rings. The SMILES string of the molecule is O=C1PC2CCCCC2C2CCCCC12.Oc1ccc(O)cc1. The number of carbonyl (C=O) groups is 1. The maximum Gasteiger partial charge on any atom is 0.154 e. The average molecular weight is 334 g/mol. The van der Waals surface area contributed by atoms with Gasteiger partial charge in [-0.2, -0.15) is 0 Å². The van der Waals surface area contributed by atoms with E-state index < -0.39 is 0 Å². The fraction of sp³-hybridized carbons (Fsp3) is 0.632. The molecule has 3 nitrogen and oxygen atoms in total. The smallest absolute Gasteiger partial charge is 0.154 e. The highest BCUT2D eigenvalue weighted by atomic mass is 31.1. The number of rotatable bonds is 0. The Balaban J connectivity index is 0.000000166. The zero-order valence-corrected chi connectivity index (χ0v) is 14.6. The summed E-state index contributed by atoms with van der Waals surface area (Å²) in [6.45, 7) is 0. The van der Waals surface area contributed by atoms with E-state index in [0.29, 0.717) is 20.0 Å². The summed E-state index contributed by atoms with van der Waals surface area (Å²) in [5.41, 5.74) is 1.47. The first-order valence-corrected chi connectivity index (χ1v) is 10.0. The van der Waals surface area contributed by atoms with Crippen molar-refractivity contribution in [3.05, 3.63) is 24.3 Å². The van der Waals surface area contributed by atoms with Gasteiger partial charge in [-0.05, 0) is 76.0 Å². The summed E-state index contributed by atoms with van der Waals surface area (Å²) in [7, 11) is 0.676. The van der Waals surface area contributed by atoms with Gasteiger partial charge in [0.25, 0.3) is 0 Å². The predicted octanol–water partition coefficient (Wildman–Crippen LogP) is 4.67. The van der Waals surface area contributed by atoms with Crippen molar-refractivity contribution in [3.8, 4) is 11.5 Å². The summed E-state index contributed by atoms with van der Waals surface area (Å²) in [5, 5.41) is 17.3. The predicted molar refractivity (Wildman–Crippen MR) is 94.3 cm³/mol. The van der Waals surface area contributed by atoms with Crippen LogP contribution in [-0.4, -0.2) is 21.4 Å². The maximum absolute atomic E-state index is 12.1. The molecule has 4 heteroatoms. The second-order valence-electron chi connectivity index (χ2n) is 7.13. The van der Waals surface area contributed by atoms with Crippen molar-refractivity contribution in [2.45, 2.75) is 57.0 Å². The summed E-state index contributed by atoms with van der Waals surface area (Å²) >= 11 is 0. The third kappa shape index (κ3) is 4.07. The van der Waals surface area contributed by atoms with Gasteiger partial charge < -0.3 is 10.2 Å².